The molecule has 0 radical (unpaired) electrons. The minimum absolute atomic E-state index is 0.268. The highest BCUT2D eigenvalue weighted by Crippen LogP contribution is 2.28. The van der Waals surface area contributed by atoms with Crippen LogP contribution in [0, 0.1) is 5.82 Å². The molecule has 0 unspecified atom stereocenters. The van der Waals surface area contributed by atoms with Gasteiger partial charge in [0.2, 0.25) is 0 Å². The number of H-pyrrole nitrogens is 1. The van der Waals surface area contributed by atoms with Crippen LogP contribution in [0.4, 0.5) is 10.2 Å². The largest absolute Gasteiger partial charge is 0.378 e. The van der Waals surface area contributed by atoms with Gasteiger partial charge in [-0.2, -0.15) is 0 Å². The summed E-state index contributed by atoms with van der Waals surface area (Å²) < 4.78 is 18.4. The highest BCUT2D eigenvalue weighted by Gasteiger charge is 2.21. The summed E-state index contributed by atoms with van der Waals surface area (Å²) in [6.45, 7) is 2.62. The average Bonchev–Trinajstić information content (AvgIpc) is 3.20. The van der Waals surface area contributed by atoms with Crippen LogP contribution in [0.5, 0.6) is 0 Å². The number of anilines is 1. The number of benzene rings is 1. The van der Waals surface area contributed by atoms with Crippen molar-refractivity contribution in [2.45, 2.75) is 0 Å². The van der Waals surface area contributed by atoms with Gasteiger partial charge in [-0.25, -0.2) is 4.39 Å². The third kappa shape index (κ3) is 4.35. The Hall–Kier alpha value is -3.45. The topological polar surface area (TPSA) is 84.2 Å². The molecule has 0 atom stereocenters. The van der Waals surface area contributed by atoms with Gasteiger partial charge in [-0.15, -0.1) is 0 Å². The van der Waals surface area contributed by atoms with Crippen LogP contribution in [-0.4, -0.2) is 42.2 Å². The molecule has 29 heavy (non-hydrogen) atoms. The number of carbonyl (C=O) groups is 1. The molecular formula is C22H21FN4O2. The van der Waals surface area contributed by atoms with Crippen molar-refractivity contribution in [2.24, 2.45) is 5.73 Å². The number of hydrogen-bond donors (Lipinski definition) is 2. The second-order valence-electron chi connectivity index (χ2n) is 6.76. The number of rotatable bonds is 5. The van der Waals surface area contributed by atoms with Crippen molar-refractivity contribution in [1.82, 2.24) is 9.97 Å². The Morgan fingerprint density at radius 3 is 2.62 bits per heavy atom. The fourth-order valence-corrected chi connectivity index (χ4v) is 3.29. The quantitative estimate of drug-likeness (QED) is 0.698. The molecule has 3 N–H and O–H groups in total. The predicted octanol–water partition coefficient (Wildman–Crippen LogP) is 3.32. The number of nitrogens with one attached hydrogen (secondary N) is 1. The summed E-state index contributed by atoms with van der Waals surface area (Å²) in [6, 6.07) is 11.8. The van der Waals surface area contributed by atoms with Crippen LogP contribution < -0.4 is 10.6 Å². The molecule has 1 fully saturated rings. The molecule has 148 valence electrons. The summed E-state index contributed by atoms with van der Waals surface area (Å²) in [5, 5.41) is 0. The van der Waals surface area contributed by atoms with Crippen LogP contribution in [0.25, 0.3) is 23.4 Å². The number of hydrogen-bond acceptors (Lipinski definition) is 4. The second kappa shape index (κ2) is 8.28. The zero-order valence-electron chi connectivity index (χ0n) is 15.8. The molecule has 0 bridgehead atoms. The number of aromatic amines is 1. The minimum Gasteiger partial charge on any atom is -0.378 e. The molecule has 1 aromatic carbocycles. The first-order valence-electron chi connectivity index (χ1n) is 9.36. The Morgan fingerprint density at radius 2 is 1.90 bits per heavy atom. The number of aromatic nitrogens is 2. The highest BCUT2D eigenvalue weighted by molar-refractivity contribution is 5.99. The van der Waals surface area contributed by atoms with E-state index in [1.165, 1.54) is 12.1 Å². The van der Waals surface area contributed by atoms with E-state index in [1.807, 2.05) is 24.3 Å². The van der Waals surface area contributed by atoms with E-state index in [4.69, 9.17) is 10.5 Å². The Kier molecular flexibility index (Phi) is 5.39. The summed E-state index contributed by atoms with van der Waals surface area (Å²) in [4.78, 5) is 21.7. The maximum atomic E-state index is 13.0. The molecule has 6 nitrogen and oxygen atoms in total. The zero-order chi connectivity index (χ0) is 20.2. The number of ether oxygens (including phenoxy) is 1. The first-order chi connectivity index (χ1) is 14.1. The van der Waals surface area contributed by atoms with Crippen molar-refractivity contribution in [3.05, 3.63) is 71.3 Å². The fraction of sp³-hybridized carbons (Fsp3) is 0.182. The maximum Gasteiger partial charge on any atom is 0.252 e. The molecule has 1 aliphatic heterocycles. The number of nitrogens with two attached hydrogens (primary N) is 1. The van der Waals surface area contributed by atoms with E-state index in [2.05, 4.69) is 14.9 Å². The van der Waals surface area contributed by atoms with E-state index in [1.54, 1.807) is 24.4 Å². The van der Waals surface area contributed by atoms with Crippen molar-refractivity contribution in [1.29, 1.82) is 0 Å². The number of carbonyl (C=O) groups excluding carboxylic acids is 1. The van der Waals surface area contributed by atoms with Gasteiger partial charge in [0.1, 0.15) is 11.6 Å². The van der Waals surface area contributed by atoms with E-state index in [0.29, 0.717) is 31.9 Å². The van der Waals surface area contributed by atoms with Crippen LogP contribution >= 0.6 is 0 Å². The van der Waals surface area contributed by atoms with E-state index in [0.717, 1.165) is 28.3 Å². The van der Waals surface area contributed by atoms with Gasteiger partial charge < -0.3 is 20.4 Å². The van der Waals surface area contributed by atoms with Gasteiger partial charge in [0.05, 0.1) is 24.5 Å². The van der Waals surface area contributed by atoms with Crippen LogP contribution in [0.2, 0.25) is 0 Å². The summed E-state index contributed by atoms with van der Waals surface area (Å²) in [7, 11) is 0. The predicted molar refractivity (Wildman–Crippen MR) is 111 cm³/mol. The van der Waals surface area contributed by atoms with Crippen molar-refractivity contribution >= 4 is 23.9 Å². The summed E-state index contributed by atoms with van der Waals surface area (Å²) in [5.41, 5.74) is 9.36. The van der Waals surface area contributed by atoms with E-state index in [-0.39, 0.29) is 5.82 Å². The standard InChI is InChI=1S/C22H21FN4O2/c23-17-4-1-15(2-5-17)3-6-18-13-16(7-8-25-18)20-14-19(21(24)28)22(26-20)27-9-11-29-12-10-27/h1-8,13-14,26H,9-12H2,(H2,24,28). The van der Waals surface area contributed by atoms with Crippen molar-refractivity contribution in [2.75, 3.05) is 31.2 Å². The van der Waals surface area contributed by atoms with Gasteiger partial charge in [0.15, 0.2) is 0 Å². The summed E-state index contributed by atoms with van der Waals surface area (Å²) >= 11 is 0. The van der Waals surface area contributed by atoms with Gasteiger partial charge in [0.25, 0.3) is 5.91 Å². The molecule has 0 aliphatic carbocycles. The number of morpholine rings is 1. The fourth-order valence-electron chi connectivity index (χ4n) is 3.29. The Bertz CT molecular complexity index is 1040. The monoisotopic (exact) mass is 392 g/mol. The molecule has 0 saturated carbocycles. The number of pyridine rings is 1. The molecule has 3 aromatic rings. The summed E-state index contributed by atoms with van der Waals surface area (Å²) in [6.07, 6.45) is 5.44. The Morgan fingerprint density at radius 1 is 1.14 bits per heavy atom. The molecule has 0 spiro atoms. The highest BCUT2D eigenvalue weighted by atomic mass is 19.1. The maximum absolute atomic E-state index is 13.0. The van der Waals surface area contributed by atoms with Crippen molar-refractivity contribution in [3.63, 3.8) is 0 Å². The third-order valence-electron chi connectivity index (χ3n) is 4.80. The van der Waals surface area contributed by atoms with Crippen molar-refractivity contribution < 1.29 is 13.9 Å². The molecular weight excluding hydrogens is 371 g/mol. The summed E-state index contributed by atoms with van der Waals surface area (Å²) in [5.74, 6) is -0.0224. The molecule has 7 heteroatoms. The van der Waals surface area contributed by atoms with Crippen molar-refractivity contribution in [3.8, 4) is 11.3 Å². The second-order valence-corrected chi connectivity index (χ2v) is 6.76. The lowest BCUT2D eigenvalue weighted by Crippen LogP contribution is -2.37. The smallest absolute Gasteiger partial charge is 0.252 e. The molecule has 3 heterocycles. The number of primary amides is 1. The van der Waals surface area contributed by atoms with Gasteiger partial charge in [-0.05, 0) is 42.0 Å². The molecule has 2 aromatic heterocycles. The van der Waals surface area contributed by atoms with Crippen LogP contribution in [0.15, 0.2) is 48.7 Å². The normalized spacial score (nSPS) is 14.4. The van der Waals surface area contributed by atoms with Gasteiger partial charge in [-0.1, -0.05) is 18.2 Å². The number of amides is 1. The molecule has 1 aliphatic rings. The molecule has 1 saturated heterocycles. The Labute approximate surface area is 167 Å². The van der Waals surface area contributed by atoms with Gasteiger partial charge in [0, 0.05) is 30.5 Å². The minimum atomic E-state index is -0.473. The zero-order valence-corrected chi connectivity index (χ0v) is 15.8. The van der Waals surface area contributed by atoms with Crippen LogP contribution in [-0.2, 0) is 4.74 Å². The third-order valence-corrected chi connectivity index (χ3v) is 4.80. The first kappa shape index (κ1) is 18.9. The van der Waals surface area contributed by atoms with Crippen LogP contribution in [0.1, 0.15) is 21.6 Å². The van der Waals surface area contributed by atoms with Gasteiger partial charge in [-0.3, -0.25) is 9.78 Å². The number of nitrogens with zero attached hydrogens (tertiary/aromatic N) is 2. The van der Waals surface area contributed by atoms with Crippen LogP contribution in [0.3, 0.4) is 0 Å². The average molecular weight is 392 g/mol. The Balaban J connectivity index is 1.62. The lowest BCUT2D eigenvalue weighted by atomic mass is 10.1. The lowest BCUT2D eigenvalue weighted by molar-refractivity contribution is 0.0998. The number of halogens is 1. The first-order valence-corrected chi connectivity index (χ1v) is 9.36. The van der Waals surface area contributed by atoms with E-state index < -0.39 is 5.91 Å². The SMILES string of the molecule is NC(=O)c1cc(-c2ccnc(C=Cc3ccc(F)cc3)c2)[nH]c1N1CCOCC1. The molecule has 1 amide bonds. The van der Waals surface area contributed by atoms with Gasteiger partial charge >= 0.3 is 0 Å². The lowest BCUT2D eigenvalue weighted by Gasteiger charge is -2.28. The van der Waals surface area contributed by atoms with E-state index in [9.17, 15) is 9.18 Å². The molecule has 4 rings (SSSR count). The van der Waals surface area contributed by atoms with E-state index >= 15 is 0 Å².